The Morgan fingerprint density at radius 3 is 2.70 bits per heavy atom. The van der Waals surface area contributed by atoms with E-state index in [0.717, 1.165) is 29.3 Å². The maximum Gasteiger partial charge on any atom is 0.350 e. The summed E-state index contributed by atoms with van der Waals surface area (Å²) < 4.78 is 11.8. The van der Waals surface area contributed by atoms with E-state index in [9.17, 15) is 9.59 Å². The van der Waals surface area contributed by atoms with Gasteiger partial charge in [0.1, 0.15) is 11.0 Å². The highest BCUT2D eigenvalue weighted by molar-refractivity contribution is 7.21. The van der Waals surface area contributed by atoms with Crippen LogP contribution in [0.1, 0.15) is 49.7 Å². The molecular formula is C21H25ClO4S. The zero-order chi connectivity index (χ0) is 19.6. The van der Waals surface area contributed by atoms with Crippen LogP contribution in [0.4, 0.5) is 0 Å². The van der Waals surface area contributed by atoms with Crippen LogP contribution in [-0.2, 0) is 14.3 Å². The largest absolute Gasteiger partial charge is 0.460 e. The van der Waals surface area contributed by atoms with Crippen molar-refractivity contribution >= 4 is 45.0 Å². The fourth-order valence-electron chi connectivity index (χ4n) is 3.79. The van der Waals surface area contributed by atoms with Crippen LogP contribution < -0.4 is 0 Å². The summed E-state index contributed by atoms with van der Waals surface area (Å²) in [6.45, 7) is 6.11. The van der Waals surface area contributed by atoms with Gasteiger partial charge in [0.2, 0.25) is 0 Å². The molecule has 0 radical (unpaired) electrons. The molecule has 1 fully saturated rings. The van der Waals surface area contributed by atoms with Crippen molar-refractivity contribution in [2.75, 3.05) is 6.61 Å². The molecule has 0 amide bonds. The van der Waals surface area contributed by atoms with E-state index in [-0.39, 0.29) is 12.7 Å². The lowest BCUT2D eigenvalue weighted by molar-refractivity contribution is -0.159. The summed E-state index contributed by atoms with van der Waals surface area (Å²) in [6.07, 6.45) is 2.99. The summed E-state index contributed by atoms with van der Waals surface area (Å²) in [5.74, 6) is 0.270. The second-order valence-electron chi connectivity index (χ2n) is 7.67. The SMILES string of the molecule is CC(C)[C@@H]1CC[C@@H](C)C[C@H]1OC(=O)COC(=O)c1sc2ccccc2c1Cl. The number of esters is 2. The summed E-state index contributed by atoms with van der Waals surface area (Å²) in [6, 6.07) is 7.50. The molecule has 0 spiro atoms. The Labute approximate surface area is 168 Å². The predicted octanol–water partition coefficient (Wildman–Crippen LogP) is 5.72. The Morgan fingerprint density at radius 1 is 1.26 bits per heavy atom. The molecule has 27 heavy (non-hydrogen) atoms. The summed E-state index contributed by atoms with van der Waals surface area (Å²) >= 11 is 7.55. The van der Waals surface area contributed by atoms with E-state index in [1.807, 2.05) is 24.3 Å². The Bertz CT molecular complexity index is 829. The summed E-state index contributed by atoms with van der Waals surface area (Å²) in [7, 11) is 0. The third-order valence-electron chi connectivity index (χ3n) is 5.29. The molecule has 1 heterocycles. The van der Waals surface area contributed by atoms with Gasteiger partial charge in [-0.25, -0.2) is 9.59 Å². The number of hydrogen-bond donors (Lipinski definition) is 0. The highest BCUT2D eigenvalue weighted by Gasteiger charge is 2.33. The molecule has 1 aromatic heterocycles. The maximum absolute atomic E-state index is 12.4. The summed E-state index contributed by atoms with van der Waals surface area (Å²) in [5, 5.41) is 1.18. The molecule has 3 rings (SSSR count). The number of benzene rings is 1. The van der Waals surface area contributed by atoms with Gasteiger partial charge in [-0.3, -0.25) is 0 Å². The molecule has 0 aliphatic heterocycles. The molecule has 146 valence electrons. The molecule has 2 aromatic rings. The Hall–Kier alpha value is -1.59. The average molecular weight is 409 g/mol. The van der Waals surface area contributed by atoms with Crippen molar-refractivity contribution < 1.29 is 19.1 Å². The van der Waals surface area contributed by atoms with E-state index >= 15 is 0 Å². The van der Waals surface area contributed by atoms with Crippen LogP contribution in [0.25, 0.3) is 10.1 Å². The lowest BCUT2D eigenvalue weighted by Crippen LogP contribution is -2.36. The van der Waals surface area contributed by atoms with E-state index in [1.165, 1.54) is 11.3 Å². The van der Waals surface area contributed by atoms with Crippen molar-refractivity contribution in [3.05, 3.63) is 34.2 Å². The van der Waals surface area contributed by atoms with Crippen LogP contribution in [0.5, 0.6) is 0 Å². The third-order valence-corrected chi connectivity index (χ3v) is 6.94. The first-order valence-corrected chi connectivity index (χ1v) is 10.6. The molecule has 4 nitrogen and oxygen atoms in total. The lowest BCUT2D eigenvalue weighted by Gasteiger charge is -2.36. The lowest BCUT2D eigenvalue weighted by atomic mass is 9.75. The molecule has 0 saturated heterocycles. The second kappa shape index (κ2) is 8.61. The Kier molecular flexibility index (Phi) is 6.43. The smallest absolute Gasteiger partial charge is 0.350 e. The first-order valence-electron chi connectivity index (χ1n) is 9.40. The van der Waals surface area contributed by atoms with Crippen molar-refractivity contribution in [1.82, 2.24) is 0 Å². The summed E-state index contributed by atoms with van der Waals surface area (Å²) in [5.41, 5.74) is 0. The topological polar surface area (TPSA) is 52.6 Å². The highest BCUT2D eigenvalue weighted by Crippen LogP contribution is 2.36. The molecule has 0 bridgehead atoms. The van der Waals surface area contributed by atoms with Crippen molar-refractivity contribution in [2.45, 2.75) is 46.1 Å². The number of fused-ring (bicyclic) bond motifs is 1. The van der Waals surface area contributed by atoms with Crippen LogP contribution in [0.3, 0.4) is 0 Å². The second-order valence-corrected chi connectivity index (χ2v) is 9.10. The molecule has 0 unspecified atom stereocenters. The van der Waals surface area contributed by atoms with Gasteiger partial charge < -0.3 is 9.47 Å². The van der Waals surface area contributed by atoms with E-state index in [0.29, 0.717) is 27.7 Å². The fraction of sp³-hybridized carbons (Fsp3) is 0.524. The summed E-state index contributed by atoms with van der Waals surface area (Å²) in [4.78, 5) is 24.9. The standard InChI is InChI=1S/C21H25ClO4S/c1-12(2)14-9-8-13(3)10-16(14)26-18(23)11-25-21(24)20-19(22)15-6-4-5-7-17(15)27-20/h4-7,12-14,16H,8-11H2,1-3H3/t13-,14+,16-/m1/s1. The maximum atomic E-state index is 12.4. The van der Waals surface area contributed by atoms with E-state index in [4.69, 9.17) is 21.1 Å². The van der Waals surface area contributed by atoms with Gasteiger partial charge >= 0.3 is 11.9 Å². The normalized spacial score (nSPS) is 22.8. The average Bonchev–Trinajstić information content (AvgIpc) is 2.97. The number of halogens is 1. The van der Waals surface area contributed by atoms with Gasteiger partial charge in [-0.05, 0) is 36.7 Å². The molecular weight excluding hydrogens is 384 g/mol. The van der Waals surface area contributed by atoms with Gasteiger partial charge in [-0.15, -0.1) is 11.3 Å². The van der Waals surface area contributed by atoms with Gasteiger partial charge in [0.25, 0.3) is 0 Å². The number of hydrogen-bond acceptors (Lipinski definition) is 5. The van der Waals surface area contributed by atoms with Crippen molar-refractivity contribution in [3.63, 3.8) is 0 Å². The van der Waals surface area contributed by atoms with Gasteiger partial charge in [0, 0.05) is 10.1 Å². The van der Waals surface area contributed by atoms with Crippen molar-refractivity contribution in [2.24, 2.45) is 17.8 Å². The van der Waals surface area contributed by atoms with Gasteiger partial charge in [-0.1, -0.05) is 57.0 Å². The minimum absolute atomic E-state index is 0.104. The quantitative estimate of drug-likeness (QED) is 0.594. The minimum atomic E-state index is -0.587. The van der Waals surface area contributed by atoms with Crippen molar-refractivity contribution in [1.29, 1.82) is 0 Å². The molecule has 1 aliphatic rings. The van der Waals surface area contributed by atoms with Crippen LogP contribution in [0.2, 0.25) is 5.02 Å². The first kappa shape index (κ1) is 20.2. The molecule has 1 aromatic carbocycles. The van der Waals surface area contributed by atoms with Gasteiger partial charge in [0.05, 0.1) is 5.02 Å². The number of rotatable bonds is 5. The van der Waals surface area contributed by atoms with E-state index in [1.54, 1.807) is 0 Å². The van der Waals surface area contributed by atoms with Crippen LogP contribution >= 0.6 is 22.9 Å². The zero-order valence-electron chi connectivity index (χ0n) is 15.9. The molecule has 1 saturated carbocycles. The number of thiophene rings is 1. The van der Waals surface area contributed by atoms with Gasteiger partial charge in [-0.2, -0.15) is 0 Å². The third kappa shape index (κ3) is 4.64. The van der Waals surface area contributed by atoms with Crippen LogP contribution in [-0.4, -0.2) is 24.6 Å². The highest BCUT2D eigenvalue weighted by atomic mass is 35.5. The molecule has 3 atom stereocenters. The van der Waals surface area contributed by atoms with Crippen LogP contribution in [0, 0.1) is 17.8 Å². The molecule has 1 aliphatic carbocycles. The van der Waals surface area contributed by atoms with Gasteiger partial charge in [0.15, 0.2) is 6.61 Å². The molecule has 6 heteroatoms. The zero-order valence-corrected chi connectivity index (χ0v) is 17.4. The van der Waals surface area contributed by atoms with Crippen molar-refractivity contribution in [3.8, 4) is 0 Å². The first-order chi connectivity index (χ1) is 12.9. The Morgan fingerprint density at radius 2 is 2.00 bits per heavy atom. The Balaban J connectivity index is 1.59. The van der Waals surface area contributed by atoms with E-state index < -0.39 is 11.9 Å². The monoisotopic (exact) mass is 408 g/mol. The predicted molar refractivity (Wildman–Crippen MR) is 108 cm³/mol. The number of ether oxygens (including phenoxy) is 2. The van der Waals surface area contributed by atoms with E-state index in [2.05, 4.69) is 20.8 Å². The van der Waals surface area contributed by atoms with Crippen LogP contribution in [0.15, 0.2) is 24.3 Å². The minimum Gasteiger partial charge on any atom is -0.460 e. The number of carbonyl (C=O) groups is 2. The fourth-order valence-corrected chi connectivity index (χ4v) is 5.19. The molecule has 0 N–H and O–H groups in total. The number of carbonyl (C=O) groups excluding carboxylic acids is 2.